The largest absolute Gasteiger partial charge is 0.481 e. The molecule has 1 atom stereocenters. The molecule has 0 spiro atoms. The number of hydrogen-bond acceptors (Lipinski definition) is 9. The van der Waals surface area contributed by atoms with Gasteiger partial charge in [0.05, 0.1) is 25.1 Å². The third-order valence-corrected chi connectivity index (χ3v) is 6.17. The Labute approximate surface area is 215 Å². The third-order valence-electron chi connectivity index (χ3n) is 5.14. The number of amides is 3. The first-order valence-corrected chi connectivity index (χ1v) is 11.6. The molecule has 15 heteroatoms. The Kier molecular flexibility index (Phi) is 10.1. The summed E-state index contributed by atoms with van der Waals surface area (Å²) in [5.74, 6) is -2.94. The molecule has 0 aliphatic rings. The van der Waals surface area contributed by atoms with E-state index in [0.717, 1.165) is 18.4 Å². The molecular weight excluding hydrogens is 504 g/mol. The van der Waals surface area contributed by atoms with Crippen molar-refractivity contribution in [1.82, 2.24) is 20.9 Å². The van der Waals surface area contributed by atoms with Gasteiger partial charge in [-0.1, -0.05) is 18.2 Å². The number of nitrogens with two attached hydrogens (primary N) is 2. The number of aliphatic carboxylic acids is 1. The van der Waals surface area contributed by atoms with Crippen LogP contribution in [0.5, 0.6) is 0 Å². The minimum atomic E-state index is -1.80. The second kappa shape index (κ2) is 13.0. The number of carboxylic acid groups (broad SMARTS) is 1. The highest BCUT2D eigenvalue weighted by Crippen LogP contribution is 2.22. The smallest absolute Gasteiger partial charge is 0.407 e. The Morgan fingerprint density at radius 1 is 1.16 bits per heavy atom. The van der Waals surface area contributed by atoms with Crippen LogP contribution in [0, 0.1) is 10.8 Å². The SMILES string of the molecule is COC(=O)N[C@](CCC(=O)O)(Cc1cccc(C(=N)N)c1)C(=O)NCC(=O)NCc1ncc(C(=N)N)s1. The topological polar surface area (TPSA) is 246 Å². The summed E-state index contributed by atoms with van der Waals surface area (Å²) in [4.78, 5) is 53.7. The maximum absolute atomic E-state index is 13.3. The number of ether oxygens (including phenoxy) is 1. The fraction of sp³-hybridized carbons (Fsp3) is 0.318. The lowest BCUT2D eigenvalue weighted by Gasteiger charge is -2.33. The van der Waals surface area contributed by atoms with Crippen molar-refractivity contribution in [3.8, 4) is 0 Å². The highest BCUT2D eigenvalue weighted by Gasteiger charge is 2.41. The first kappa shape index (κ1) is 28.7. The van der Waals surface area contributed by atoms with Gasteiger partial charge in [-0.2, -0.15) is 0 Å². The number of methoxy groups -OCH3 is 1. The molecular formula is C22H28N8O6S. The van der Waals surface area contributed by atoms with E-state index in [4.69, 9.17) is 22.3 Å². The van der Waals surface area contributed by atoms with Gasteiger partial charge in [0.2, 0.25) is 11.8 Å². The van der Waals surface area contributed by atoms with Crippen LogP contribution in [0.2, 0.25) is 0 Å². The van der Waals surface area contributed by atoms with Crippen molar-refractivity contribution in [2.75, 3.05) is 13.7 Å². The quantitative estimate of drug-likeness (QED) is 0.124. The highest BCUT2D eigenvalue weighted by molar-refractivity contribution is 7.13. The zero-order valence-corrected chi connectivity index (χ0v) is 20.7. The van der Waals surface area contributed by atoms with Gasteiger partial charge in [-0.05, 0) is 18.1 Å². The standard InChI is InChI=1S/C22H28N8O6S/c1-36-21(35)30-22(6-5-17(32)33,8-12-3-2-4-13(7-12)18(23)24)20(34)29-10-15(31)27-11-16-28-9-14(37-16)19(25)26/h2-4,7,9H,5-6,8,10-11H2,1H3,(H3,23,24)(H3,25,26)(H,27,31)(H,29,34)(H,30,35)(H,32,33)/t22-/m1/s1. The van der Waals surface area contributed by atoms with E-state index in [1.807, 2.05) is 0 Å². The fourth-order valence-corrected chi connectivity index (χ4v) is 4.01. The summed E-state index contributed by atoms with van der Waals surface area (Å²) >= 11 is 1.13. The minimum absolute atomic E-state index is 0.0368. The number of carbonyl (C=O) groups is 4. The zero-order chi connectivity index (χ0) is 27.6. The summed E-state index contributed by atoms with van der Waals surface area (Å²) in [5, 5.41) is 32.2. The van der Waals surface area contributed by atoms with Crippen molar-refractivity contribution in [2.24, 2.45) is 11.5 Å². The molecule has 1 aromatic carbocycles. The summed E-state index contributed by atoms with van der Waals surface area (Å²) in [7, 11) is 1.09. The lowest BCUT2D eigenvalue weighted by molar-refractivity contribution is -0.138. The molecule has 14 nitrogen and oxygen atoms in total. The van der Waals surface area contributed by atoms with Crippen molar-refractivity contribution in [3.05, 3.63) is 51.5 Å². The number of nitrogens with one attached hydrogen (secondary N) is 5. The average molecular weight is 533 g/mol. The molecule has 0 radical (unpaired) electrons. The minimum Gasteiger partial charge on any atom is -0.481 e. The van der Waals surface area contributed by atoms with Crippen LogP contribution in [-0.4, -0.2) is 64.8 Å². The second-order valence-electron chi connectivity index (χ2n) is 7.87. The van der Waals surface area contributed by atoms with E-state index in [-0.39, 0.29) is 31.1 Å². The summed E-state index contributed by atoms with van der Waals surface area (Å²) in [6.45, 7) is -0.440. The Hall–Kier alpha value is -4.53. The molecule has 0 aliphatic carbocycles. The zero-order valence-electron chi connectivity index (χ0n) is 19.9. The van der Waals surface area contributed by atoms with Gasteiger partial charge in [0.1, 0.15) is 22.2 Å². The second-order valence-corrected chi connectivity index (χ2v) is 8.99. The first-order chi connectivity index (χ1) is 17.5. The Bertz CT molecular complexity index is 1200. The van der Waals surface area contributed by atoms with Crippen LogP contribution in [0.15, 0.2) is 30.5 Å². The number of benzene rings is 1. The molecule has 0 bridgehead atoms. The number of carboxylic acids is 1. The van der Waals surface area contributed by atoms with Crippen LogP contribution < -0.4 is 27.4 Å². The van der Waals surface area contributed by atoms with Crippen molar-refractivity contribution in [1.29, 1.82) is 10.8 Å². The van der Waals surface area contributed by atoms with E-state index in [2.05, 4.69) is 25.7 Å². The fourth-order valence-electron chi connectivity index (χ4n) is 3.29. The molecule has 1 aromatic heterocycles. The van der Waals surface area contributed by atoms with Gasteiger partial charge >= 0.3 is 12.1 Å². The Morgan fingerprint density at radius 2 is 1.89 bits per heavy atom. The van der Waals surface area contributed by atoms with Crippen molar-refractivity contribution in [2.45, 2.75) is 31.3 Å². The molecule has 0 saturated heterocycles. The summed E-state index contributed by atoms with van der Waals surface area (Å²) in [6.07, 6.45) is -0.526. The Balaban J connectivity index is 2.21. The predicted octanol–water partition coefficient (Wildman–Crippen LogP) is -0.354. The number of nitrogen functional groups attached to an aromatic ring is 2. The van der Waals surface area contributed by atoms with Crippen LogP contribution in [0.4, 0.5) is 4.79 Å². The van der Waals surface area contributed by atoms with Gasteiger partial charge in [0.15, 0.2) is 0 Å². The maximum Gasteiger partial charge on any atom is 0.407 e. The maximum atomic E-state index is 13.3. The number of nitrogens with zero attached hydrogens (tertiary/aromatic N) is 1. The number of amidine groups is 2. The van der Waals surface area contributed by atoms with E-state index in [1.54, 1.807) is 24.3 Å². The van der Waals surface area contributed by atoms with E-state index >= 15 is 0 Å². The van der Waals surface area contributed by atoms with Gasteiger partial charge in [-0.15, -0.1) is 11.3 Å². The molecule has 2 rings (SSSR count). The lowest BCUT2D eigenvalue weighted by Crippen LogP contribution is -2.61. The number of carbonyl (C=O) groups excluding carboxylic acids is 3. The van der Waals surface area contributed by atoms with Crippen LogP contribution in [0.3, 0.4) is 0 Å². The molecule has 3 amide bonds. The summed E-state index contributed by atoms with van der Waals surface area (Å²) < 4.78 is 4.65. The molecule has 1 heterocycles. The van der Waals surface area contributed by atoms with Gasteiger partial charge in [-0.3, -0.25) is 25.2 Å². The molecule has 37 heavy (non-hydrogen) atoms. The van der Waals surface area contributed by atoms with Gasteiger partial charge < -0.3 is 37.3 Å². The molecule has 0 saturated carbocycles. The van der Waals surface area contributed by atoms with Gasteiger partial charge in [0.25, 0.3) is 0 Å². The lowest BCUT2D eigenvalue weighted by atomic mass is 9.84. The molecule has 0 unspecified atom stereocenters. The average Bonchev–Trinajstić information content (AvgIpc) is 3.34. The van der Waals surface area contributed by atoms with E-state index in [1.165, 1.54) is 6.20 Å². The number of alkyl carbamates (subject to hydrolysis) is 1. The van der Waals surface area contributed by atoms with Crippen molar-refractivity contribution < 1.29 is 29.0 Å². The molecule has 198 valence electrons. The van der Waals surface area contributed by atoms with Crippen LogP contribution in [-0.2, 0) is 32.1 Å². The normalized spacial score (nSPS) is 12.0. The monoisotopic (exact) mass is 532 g/mol. The van der Waals surface area contributed by atoms with E-state index < -0.39 is 42.4 Å². The number of thiazole rings is 1. The molecule has 0 aliphatic heterocycles. The third kappa shape index (κ3) is 8.57. The van der Waals surface area contributed by atoms with E-state index in [0.29, 0.717) is 21.0 Å². The van der Waals surface area contributed by atoms with E-state index in [9.17, 15) is 24.3 Å². The van der Waals surface area contributed by atoms with Crippen molar-refractivity contribution >= 4 is 46.9 Å². The summed E-state index contributed by atoms with van der Waals surface area (Å²) in [5.41, 5.74) is 10.0. The van der Waals surface area contributed by atoms with Gasteiger partial charge in [0, 0.05) is 24.6 Å². The number of aromatic nitrogens is 1. The number of rotatable bonds is 13. The molecule has 0 fully saturated rings. The van der Waals surface area contributed by atoms with Crippen LogP contribution in [0.1, 0.15) is 33.9 Å². The first-order valence-electron chi connectivity index (χ1n) is 10.8. The van der Waals surface area contributed by atoms with Crippen LogP contribution in [0.25, 0.3) is 0 Å². The Morgan fingerprint density at radius 3 is 2.49 bits per heavy atom. The van der Waals surface area contributed by atoms with Gasteiger partial charge in [-0.25, -0.2) is 9.78 Å². The molecule has 2 aromatic rings. The summed E-state index contributed by atoms with van der Waals surface area (Å²) in [6, 6.07) is 6.36. The predicted molar refractivity (Wildman–Crippen MR) is 134 cm³/mol. The van der Waals surface area contributed by atoms with Crippen LogP contribution >= 0.6 is 11.3 Å². The molecule has 10 N–H and O–H groups in total. The highest BCUT2D eigenvalue weighted by atomic mass is 32.1. The van der Waals surface area contributed by atoms with Crippen molar-refractivity contribution in [3.63, 3.8) is 0 Å². The number of hydrogen-bond donors (Lipinski definition) is 8.